The Morgan fingerprint density at radius 3 is 2.48 bits per heavy atom. The SMILES string of the molecule is C/C=C/c1ccc(OC(F)(F)C2CCC(CCC)CC2)cc1F. The fourth-order valence-corrected chi connectivity index (χ4v) is 3.32. The molecule has 0 bridgehead atoms. The predicted molar refractivity (Wildman–Crippen MR) is 87.0 cm³/mol. The van der Waals surface area contributed by atoms with Gasteiger partial charge >= 0.3 is 6.11 Å². The average molecular weight is 326 g/mol. The molecule has 4 heteroatoms. The molecular weight excluding hydrogens is 301 g/mol. The van der Waals surface area contributed by atoms with Gasteiger partial charge in [-0.15, -0.1) is 0 Å². The first-order valence-corrected chi connectivity index (χ1v) is 8.45. The minimum absolute atomic E-state index is 0.114. The zero-order valence-corrected chi connectivity index (χ0v) is 13.8. The van der Waals surface area contributed by atoms with Crippen LogP contribution in [-0.4, -0.2) is 6.11 Å². The Balaban J connectivity index is 1.99. The molecule has 0 aromatic heterocycles. The molecule has 1 aromatic carbocycles. The summed E-state index contributed by atoms with van der Waals surface area (Å²) in [6.07, 6.45) is 4.84. The minimum atomic E-state index is -3.24. The summed E-state index contributed by atoms with van der Waals surface area (Å²) in [5.74, 6) is -0.891. The third-order valence-corrected chi connectivity index (χ3v) is 4.59. The zero-order valence-electron chi connectivity index (χ0n) is 13.8. The quantitative estimate of drug-likeness (QED) is 0.584. The second-order valence-corrected chi connectivity index (χ2v) is 6.35. The van der Waals surface area contributed by atoms with Gasteiger partial charge in [0.15, 0.2) is 0 Å². The lowest BCUT2D eigenvalue weighted by atomic mass is 9.79. The van der Waals surface area contributed by atoms with Crippen LogP contribution in [0, 0.1) is 17.7 Å². The maximum absolute atomic E-state index is 14.3. The largest absolute Gasteiger partial charge is 0.432 e. The number of halogens is 3. The summed E-state index contributed by atoms with van der Waals surface area (Å²) < 4.78 is 47.3. The third kappa shape index (κ3) is 4.76. The Bertz CT molecular complexity index is 531. The molecule has 1 nitrogen and oxygen atoms in total. The highest BCUT2D eigenvalue weighted by Crippen LogP contribution is 2.41. The normalized spacial score (nSPS) is 22.5. The van der Waals surface area contributed by atoms with Gasteiger partial charge in [0.05, 0.1) is 5.92 Å². The predicted octanol–water partition coefficient (Wildman–Crippen LogP) is 6.44. The number of alkyl halides is 2. The van der Waals surface area contributed by atoms with Crippen molar-refractivity contribution in [2.75, 3.05) is 0 Å². The Labute approximate surface area is 136 Å². The van der Waals surface area contributed by atoms with Gasteiger partial charge in [-0.2, -0.15) is 8.78 Å². The van der Waals surface area contributed by atoms with E-state index in [1.54, 1.807) is 19.1 Å². The first kappa shape index (κ1) is 17.9. The third-order valence-electron chi connectivity index (χ3n) is 4.59. The van der Waals surface area contributed by atoms with E-state index in [1.165, 1.54) is 12.1 Å². The van der Waals surface area contributed by atoms with Gasteiger partial charge in [-0.25, -0.2) is 4.39 Å². The number of rotatable bonds is 6. The van der Waals surface area contributed by atoms with E-state index >= 15 is 0 Å². The summed E-state index contributed by atoms with van der Waals surface area (Å²) in [7, 11) is 0. The van der Waals surface area contributed by atoms with Crippen LogP contribution in [0.5, 0.6) is 5.75 Å². The highest BCUT2D eigenvalue weighted by Gasteiger charge is 2.43. The molecule has 0 saturated heterocycles. The van der Waals surface area contributed by atoms with Crippen molar-refractivity contribution in [3.8, 4) is 5.75 Å². The lowest BCUT2D eigenvalue weighted by Gasteiger charge is -2.33. The second-order valence-electron chi connectivity index (χ2n) is 6.35. The Hall–Kier alpha value is -1.45. The van der Waals surface area contributed by atoms with Crippen LogP contribution in [-0.2, 0) is 0 Å². The van der Waals surface area contributed by atoms with E-state index in [-0.39, 0.29) is 5.75 Å². The molecule has 0 radical (unpaired) electrons. The zero-order chi connectivity index (χ0) is 16.9. The Morgan fingerprint density at radius 1 is 1.22 bits per heavy atom. The summed E-state index contributed by atoms with van der Waals surface area (Å²) in [4.78, 5) is 0. The molecule has 0 spiro atoms. The highest BCUT2D eigenvalue weighted by molar-refractivity contribution is 5.51. The summed E-state index contributed by atoms with van der Waals surface area (Å²) in [5, 5.41) is 0. The van der Waals surface area contributed by atoms with E-state index in [1.807, 2.05) is 0 Å². The van der Waals surface area contributed by atoms with Crippen LogP contribution in [0.3, 0.4) is 0 Å². The van der Waals surface area contributed by atoms with Gasteiger partial charge in [-0.3, -0.25) is 0 Å². The maximum atomic E-state index is 14.3. The molecule has 23 heavy (non-hydrogen) atoms. The second kappa shape index (κ2) is 7.89. The van der Waals surface area contributed by atoms with Crippen molar-refractivity contribution in [2.45, 2.75) is 58.5 Å². The van der Waals surface area contributed by atoms with Gasteiger partial charge < -0.3 is 4.74 Å². The standard InChI is InChI=1S/C19H25F3O/c1-3-5-14-7-10-16(11-8-14)19(21,22)23-17-12-9-15(6-4-2)18(20)13-17/h4,6,9,12-14,16H,3,5,7-8,10-11H2,1-2H3/b6-4+. The van der Waals surface area contributed by atoms with Gasteiger partial charge in [0, 0.05) is 11.6 Å². The lowest BCUT2D eigenvalue weighted by molar-refractivity contribution is -0.223. The van der Waals surface area contributed by atoms with Crippen molar-refractivity contribution >= 4 is 6.08 Å². The number of hydrogen-bond donors (Lipinski definition) is 0. The summed E-state index contributed by atoms with van der Waals surface area (Å²) in [6, 6.07) is 3.89. The van der Waals surface area contributed by atoms with E-state index in [4.69, 9.17) is 4.74 Å². The van der Waals surface area contributed by atoms with Crippen LogP contribution < -0.4 is 4.74 Å². The van der Waals surface area contributed by atoms with Gasteiger partial charge in [-0.05, 0) is 50.7 Å². The molecule has 2 rings (SSSR count). The van der Waals surface area contributed by atoms with Crippen molar-refractivity contribution in [3.63, 3.8) is 0 Å². The molecule has 0 N–H and O–H groups in total. The molecule has 1 saturated carbocycles. The van der Waals surface area contributed by atoms with Crippen LogP contribution in [0.4, 0.5) is 13.2 Å². The number of benzene rings is 1. The van der Waals surface area contributed by atoms with Crippen LogP contribution >= 0.6 is 0 Å². The molecule has 0 aliphatic heterocycles. The van der Waals surface area contributed by atoms with E-state index in [0.717, 1.165) is 31.7 Å². The Morgan fingerprint density at radius 2 is 1.91 bits per heavy atom. The van der Waals surface area contributed by atoms with Crippen molar-refractivity contribution in [2.24, 2.45) is 11.8 Å². The number of allylic oxidation sites excluding steroid dienone is 1. The molecule has 1 aliphatic rings. The van der Waals surface area contributed by atoms with Crippen molar-refractivity contribution < 1.29 is 17.9 Å². The Kier molecular flexibility index (Phi) is 6.14. The minimum Gasteiger partial charge on any atom is -0.432 e. The van der Waals surface area contributed by atoms with E-state index in [0.29, 0.717) is 24.3 Å². The maximum Gasteiger partial charge on any atom is 0.400 e. The van der Waals surface area contributed by atoms with Crippen LogP contribution in [0.25, 0.3) is 6.08 Å². The summed E-state index contributed by atoms with van der Waals surface area (Å²) in [6.45, 7) is 3.89. The molecule has 128 valence electrons. The molecule has 0 amide bonds. The molecule has 1 aliphatic carbocycles. The smallest absolute Gasteiger partial charge is 0.400 e. The van der Waals surface area contributed by atoms with E-state index in [2.05, 4.69) is 6.92 Å². The number of ether oxygens (including phenoxy) is 1. The molecule has 1 aromatic rings. The van der Waals surface area contributed by atoms with Crippen LogP contribution in [0.15, 0.2) is 24.3 Å². The van der Waals surface area contributed by atoms with Crippen molar-refractivity contribution in [1.82, 2.24) is 0 Å². The van der Waals surface area contributed by atoms with Gasteiger partial charge in [-0.1, -0.05) is 31.9 Å². The van der Waals surface area contributed by atoms with Crippen molar-refractivity contribution in [1.29, 1.82) is 0 Å². The fourth-order valence-electron chi connectivity index (χ4n) is 3.32. The fraction of sp³-hybridized carbons (Fsp3) is 0.579. The molecule has 0 atom stereocenters. The molecule has 0 unspecified atom stereocenters. The molecule has 0 heterocycles. The molecule has 1 fully saturated rings. The van der Waals surface area contributed by atoms with E-state index < -0.39 is 17.8 Å². The van der Waals surface area contributed by atoms with Crippen molar-refractivity contribution in [3.05, 3.63) is 35.7 Å². The van der Waals surface area contributed by atoms with E-state index in [9.17, 15) is 13.2 Å². The summed E-state index contributed by atoms with van der Waals surface area (Å²) >= 11 is 0. The lowest BCUT2D eigenvalue weighted by Crippen LogP contribution is -2.37. The van der Waals surface area contributed by atoms with Crippen LogP contribution in [0.1, 0.15) is 57.9 Å². The van der Waals surface area contributed by atoms with Gasteiger partial charge in [0.1, 0.15) is 11.6 Å². The molecular formula is C19H25F3O. The monoisotopic (exact) mass is 326 g/mol. The topological polar surface area (TPSA) is 9.23 Å². The first-order valence-electron chi connectivity index (χ1n) is 8.45. The highest BCUT2D eigenvalue weighted by atomic mass is 19.3. The summed E-state index contributed by atoms with van der Waals surface area (Å²) in [5.41, 5.74) is 0.364. The van der Waals surface area contributed by atoms with Crippen LogP contribution in [0.2, 0.25) is 0 Å². The van der Waals surface area contributed by atoms with Gasteiger partial charge in [0.25, 0.3) is 0 Å². The average Bonchev–Trinajstić information content (AvgIpc) is 2.51. The number of hydrogen-bond acceptors (Lipinski definition) is 1. The van der Waals surface area contributed by atoms with Gasteiger partial charge in [0.2, 0.25) is 0 Å². The first-order chi connectivity index (χ1) is 11.0.